The van der Waals surface area contributed by atoms with E-state index < -0.39 is 5.54 Å². The second-order valence-electron chi connectivity index (χ2n) is 4.66. The first kappa shape index (κ1) is 13.1. The maximum absolute atomic E-state index is 9.24. The summed E-state index contributed by atoms with van der Waals surface area (Å²) >= 11 is 0. The molecule has 0 aliphatic rings. The Hall–Kier alpha value is -1.39. The van der Waals surface area contributed by atoms with Crippen molar-refractivity contribution >= 4 is 11.0 Å². The molecule has 0 saturated carbocycles. The van der Waals surface area contributed by atoms with Crippen LogP contribution in [-0.4, -0.2) is 21.3 Å². The van der Waals surface area contributed by atoms with Crippen LogP contribution in [0.25, 0.3) is 11.0 Å². The molecule has 18 heavy (non-hydrogen) atoms. The fourth-order valence-electron chi connectivity index (χ4n) is 2.35. The molecule has 1 aromatic carbocycles. The predicted octanol–water partition coefficient (Wildman–Crippen LogP) is 2.00. The van der Waals surface area contributed by atoms with Crippen molar-refractivity contribution in [1.82, 2.24) is 9.55 Å². The SMILES string of the molecule is CCC(N)(CC)c1nc2ccccc2n1CCO. The van der Waals surface area contributed by atoms with Crippen LogP contribution in [0.2, 0.25) is 0 Å². The van der Waals surface area contributed by atoms with Crippen molar-refractivity contribution in [3.63, 3.8) is 0 Å². The lowest BCUT2D eigenvalue weighted by molar-refractivity contribution is 0.268. The van der Waals surface area contributed by atoms with Gasteiger partial charge in [0.05, 0.1) is 23.2 Å². The van der Waals surface area contributed by atoms with Crippen LogP contribution in [-0.2, 0) is 12.1 Å². The highest BCUT2D eigenvalue weighted by Gasteiger charge is 2.29. The summed E-state index contributed by atoms with van der Waals surface area (Å²) in [4.78, 5) is 4.67. The van der Waals surface area contributed by atoms with Gasteiger partial charge in [0.1, 0.15) is 5.82 Å². The predicted molar refractivity (Wildman–Crippen MR) is 73.3 cm³/mol. The minimum atomic E-state index is -0.422. The number of hydrogen-bond acceptors (Lipinski definition) is 3. The summed E-state index contributed by atoms with van der Waals surface area (Å²) in [7, 11) is 0. The van der Waals surface area contributed by atoms with Crippen LogP contribution in [0.15, 0.2) is 24.3 Å². The molecular formula is C14H21N3O. The molecule has 3 N–H and O–H groups in total. The first-order valence-electron chi connectivity index (χ1n) is 6.51. The zero-order valence-corrected chi connectivity index (χ0v) is 11.1. The van der Waals surface area contributed by atoms with Gasteiger partial charge in [-0.3, -0.25) is 0 Å². The number of rotatable bonds is 5. The third kappa shape index (κ3) is 2.02. The van der Waals surface area contributed by atoms with Crippen molar-refractivity contribution in [2.24, 2.45) is 5.73 Å². The van der Waals surface area contributed by atoms with E-state index in [9.17, 15) is 5.11 Å². The van der Waals surface area contributed by atoms with Gasteiger partial charge in [-0.2, -0.15) is 0 Å². The zero-order valence-electron chi connectivity index (χ0n) is 11.1. The third-order valence-electron chi connectivity index (χ3n) is 3.69. The van der Waals surface area contributed by atoms with Gasteiger partial charge in [0.2, 0.25) is 0 Å². The van der Waals surface area contributed by atoms with E-state index in [1.54, 1.807) is 0 Å². The van der Waals surface area contributed by atoms with E-state index in [1.807, 2.05) is 28.8 Å². The number of aromatic nitrogens is 2. The molecule has 4 heteroatoms. The Morgan fingerprint density at radius 1 is 1.28 bits per heavy atom. The van der Waals surface area contributed by atoms with Crippen LogP contribution in [0.1, 0.15) is 32.5 Å². The average Bonchev–Trinajstić information content (AvgIpc) is 2.78. The Kier molecular flexibility index (Phi) is 3.68. The number of imidazole rings is 1. The van der Waals surface area contributed by atoms with Gasteiger partial charge < -0.3 is 15.4 Å². The molecule has 2 aromatic rings. The van der Waals surface area contributed by atoms with Crippen LogP contribution >= 0.6 is 0 Å². The highest BCUT2D eigenvalue weighted by atomic mass is 16.3. The molecule has 0 atom stereocenters. The second-order valence-corrected chi connectivity index (χ2v) is 4.66. The minimum absolute atomic E-state index is 0.0941. The molecule has 98 valence electrons. The van der Waals surface area contributed by atoms with E-state index in [0.29, 0.717) is 6.54 Å². The molecule has 0 spiro atoms. The summed E-state index contributed by atoms with van der Waals surface area (Å²) in [6.45, 7) is 4.78. The Bertz CT molecular complexity index is 529. The lowest BCUT2D eigenvalue weighted by Gasteiger charge is -2.26. The first-order chi connectivity index (χ1) is 8.66. The number of nitrogens with two attached hydrogens (primary N) is 1. The molecule has 0 aliphatic carbocycles. The summed E-state index contributed by atoms with van der Waals surface area (Å²) < 4.78 is 2.04. The first-order valence-corrected chi connectivity index (χ1v) is 6.51. The molecule has 0 amide bonds. The molecule has 0 radical (unpaired) electrons. The molecule has 0 bridgehead atoms. The Balaban J connectivity index is 2.65. The van der Waals surface area contributed by atoms with Crippen molar-refractivity contribution in [2.45, 2.75) is 38.8 Å². The summed E-state index contributed by atoms with van der Waals surface area (Å²) in [6, 6.07) is 7.96. The topological polar surface area (TPSA) is 64.1 Å². The van der Waals surface area contributed by atoms with Gasteiger partial charge in [-0.1, -0.05) is 26.0 Å². The van der Waals surface area contributed by atoms with Crippen LogP contribution in [0, 0.1) is 0 Å². The standard InChI is InChI=1S/C14H21N3O/c1-3-14(15,4-2)13-16-11-7-5-6-8-12(11)17(13)9-10-18/h5-8,18H,3-4,9-10,15H2,1-2H3. The molecule has 1 heterocycles. The number of fused-ring (bicyclic) bond motifs is 1. The molecule has 0 aliphatic heterocycles. The molecular weight excluding hydrogens is 226 g/mol. The van der Waals surface area contributed by atoms with Gasteiger partial charge in [0, 0.05) is 6.54 Å². The van der Waals surface area contributed by atoms with E-state index in [4.69, 9.17) is 5.73 Å². The smallest absolute Gasteiger partial charge is 0.130 e. The molecule has 0 unspecified atom stereocenters. The molecule has 4 nitrogen and oxygen atoms in total. The second kappa shape index (κ2) is 5.08. The monoisotopic (exact) mass is 247 g/mol. The van der Waals surface area contributed by atoms with Crippen LogP contribution in [0.5, 0.6) is 0 Å². The quantitative estimate of drug-likeness (QED) is 0.849. The maximum atomic E-state index is 9.24. The van der Waals surface area contributed by atoms with Crippen LogP contribution in [0.4, 0.5) is 0 Å². The fourth-order valence-corrected chi connectivity index (χ4v) is 2.35. The summed E-state index contributed by atoms with van der Waals surface area (Å²) in [5, 5.41) is 9.24. The van der Waals surface area contributed by atoms with Crippen molar-refractivity contribution < 1.29 is 5.11 Å². The summed E-state index contributed by atoms with van der Waals surface area (Å²) in [5.41, 5.74) is 8.01. The van der Waals surface area contributed by atoms with Crippen molar-refractivity contribution in [3.05, 3.63) is 30.1 Å². The molecule has 0 fully saturated rings. The van der Waals surface area contributed by atoms with E-state index in [0.717, 1.165) is 29.7 Å². The van der Waals surface area contributed by atoms with Gasteiger partial charge in [0.25, 0.3) is 0 Å². The Labute approximate surface area is 107 Å². The number of benzene rings is 1. The average molecular weight is 247 g/mol. The number of nitrogens with zero attached hydrogens (tertiary/aromatic N) is 2. The summed E-state index contributed by atoms with van der Waals surface area (Å²) in [6.07, 6.45) is 1.66. The Morgan fingerprint density at radius 3 is 2.56 bits per heavy atom. The van der Waals surface area contributed by atoms with Gasteiger partial charge in [-0.05, 0) is 25.0 Å². The third-order valence-corrected chi connectivity index (χ3v) is 3.69. The Morgan fingerprint density at radius 2 is 1.94 bits per heavy atom. The van der Waals surface area contributed by atoms with E-state index >= 15 is 0 Å². The normalized spacial score (nSPS) is 12.2. The number of aliphatic hydroxyl groups excluding tert-OH is 1. The highest BCUT2D eigenvalue weighted by molar-refractivity contribution is 5.76. The summed E-state index contributed by atoms with van der Waals surface area (Å²) in [5.74, 6) is 0.878. The van der Waals surface area contributed by atoms with Gasteiger partial charge in [-0.25, -0.2) is 4.98 Å². The zero-order chi connectivity index (χ0) is 13.2. The van der Waals surface area contributed by atoms with Gasteiger partial charge in [0.15, 0.2) is 0 Å². The minimum Gasteiger partial charge on any atom is -0.395 e. The van der Waals surface area contributed by atoms with Crippen molar-refractivity contribution in [1.29, 1.82) is 0 Å². The van der Waals surface area contributed by atoms with Gasteiger partial charge in [-0.15, -0.1) is 0 Å². The van der Waals surface area contributed by atoms with E-state index in [-0.39, 0.29) is 6.61 Å². The van der Waals surface area contributed by atoms with Crippen molar-refractivity contribution in [3.8, 4) is 0 Å². The lowest BCUT2D eigenvalue weighted by Crippen LogP contribution is -2.38. The largest absolute Gasteiger partial charge is 0.395 e. The maximum Gasteiger partial charge on any atom is 0.130 e. The fraction of sp³-hybridized carbons (Fsp3) is 0.500. The molecule has 2 rings (SSSR count). The number of aliphatic hydroxyl groups is 1. The van der Waals surface area contributed by atoms with Crippen LogP contribution in [0.3, 0.4) is 0 Å². The van der Waals surface area contributed by atoms with Gasteiger partial charge >= 0.3 is 0 Å². The van der Waals surface area contributed by atoms with E-state index in [1.165, 1.54) is 0 Å². The van der Waals surface area contributed by atoms with E-state index in [2.05, 4.69) is 18.8 Å². The number of hydrogen-bond donors (Lipinski definition) is 2. The molecule has 0 saturated heterocycles. The molecule has 1 aromatic heterocycles. The lowest BCUT2D eigenvalue weighted by atomic mass is 9.93. The number of para-hydroxylation sites is 2. The van der Waals surface area contributed by atoms with Crippen LogP contribution < -0.4 is 5.73 Å². The highest BCUT2D eigenvalue weighted by Crippen LogP contribution is 2.28. The van der Waals surface area contributed by atoms with Crippen molar-refractivity contribution in [2.75, 3.05) is 6.61 Å².